The van der Waals surface area contributed by atoms with Crippen LogP contribution in [0, 0.1) is 23.2 Å². The van der Waals surface area contributed by atoms with Crippen LogP contribution in [-0.2, 0) is 14.3 Å². The zero-order valence-corrected chi connectivity index (χ0v) is 12.3. The van der Waals surface area contributed by atoms with E-state index in [2.05, 4.69) is 6.08 Å². The highest BCUT2D eigenvalue weighted by molar-refractivity contribution is 5.76. The van der Waals surface area contributed by atoms with Crippen molar-refractivity contribution in [2.24, 2.45) is 23.2 Å². The van der Waals surface area contributed by atoms with Gasteiger partial charge in [0.05, 0.1) is 11.2 Å². The van der Waals surface area contributed by atoms with Crippen LogP contribution in [0.4, 0.5) is 0 Å². The molecule has 5 unspecified atom stereocenters. The number of allylic oxidation sites excluding steroid dienone is 2. The fourth-order valence-corrected chi connectivity index (χ4v) is 3.85. The lowest BCUT2D eigenvalue weighted by Crippen LogP contribution is -2.39. The molecule has 1 heterocycles. The first-order valence-corrected chi connectivity index (χ1v) is 7.52. The van der Waals surface area contributed by atoms with Crippen LogP contribution >= 0.6 is 0 Å². The number of esters is 1. The largest absolute Gasteiger partial charge is 0.491 e. The monoisotopic (exact) mass is 264 g/mol. The molecule has 0 aromatic heterocycles. The number of hydrogen-bond donors (Lipinski definition) is 0. The Morgan fingerprint density at radius 2 is 2.21 bits per heavy atom. The van der Waals surface area contributed by atoms with Gasteiger partial charge in [-0.1, -0.05) is 6.92 Å². The van der Waals surface area contributed by atoms with Crippen LogP contribution in [0.1, 0.15) is 47.0 Å². The Labute approximate surface area is 115 Å². The topological polar surface area (TPSA) is 35.5 Å². The van der Waals surface area contributed by atoms with E-state index in [1.54, 1.807) is 0 Å². The molecule has 2 bridgehead atoms. The second-order valence-electron chi connectivity index (χ2n) is 6.88. The van der Waals surface area contributed by atoms with E-state index in [1.165, 1.54) is 0 Å². The third kappa shape index (κ3) is 1.81. The molecule has 3 heteroatoms. The highest BCUT2D eigenvalue weighted by Crippen LogP contribution is 2.58. The van der Waals surface area contributed by atoms with E-state index < -0.39 is 0 Å². The first kappa shape index (κ1) is 13.0. The summed E-state index contributed by atoms with van der Waals surface area (Å²) in [5.74, 6) is 2.74. The van der Waals surface area contributed by atoms with Gasteiger partial charge in [-0.25, -0.2) is 0 Å². The molecule has 5 atom stereocenters. The minimum absolute atomic E-state index is 0.0166. The second-order valence-corrected chi connectivity index (χ2v) is 6.88. The fraction of sp³-hybridized carbons (Fsp3) is 0.812. The molecule has 3 fully saturated rings. The fourth-order valence-electron chi connectivity index (χ4n) is 3.85. The van der Waals surface area contributed by atoms with Crippen LogP contribution < -0.4 is 0 Å². The van der Waals surface area contributed by atoms with E-state index in [4.69, 9.17) is 9.47 Å². The van der Waals surface area contributed by atoms with Crippen molar-refractivity contribution >= 4 is 5.97 Å². The maximum atomic E-state index is 12.3. The summed E-state index contributed by atoms with van der Waals surface area (Å²) in [4.78, 5) is 12.3. The van der Waals surface area contributed by atoms with Gasteiger partial charge in [-0.05, 0) is 46.1 Å². The van der Waals surface area contributed by atoms with Crippen LogP contribution in [0.5, 0.6) is 0 Å². The maximum Gasteiger partial charge on any atom is 0.311 e. The van der Waals surface area contributed by atoms with Gasteiger partial charge in [0.15, 0.2) is 0 Å². The molecular formula is C16H24O3. The van der Waals surface area contributed by atoms with Crippen molar-refractivity contribution in [3.8, 4) is 0 Å². The van der Waals surface area contributed by atoms with Crippen molar-refractivity contribution in [3.63, 3.8) is 0 Å². The van der Waals surface area contributed by atoms with Gasteiger partial charge in [0.2, 0.25) is 0 Å². The van der Waals surface area contributed by atoms with Crippen LogP contribution in [-0.4, -0.2) is 18.2 Å². The van der Waals surface area contributed by atoms with Crippen molar-refractivity contribution < 1.29 is 14.3 Å². The molecule has 1 aliphatic heterocycles. The van der Waals surface area contributed by atoms with Crippen molar-refractivity contribution in [1.29, 1.82) is 0 Å². The van der Waals surface area contributed by atoms with Gasteiger partial charge in [0.25, 0.3) is 0 Å². The highest BCUT2D eigenvalue weighted by atomic mass is 16.6. The minimum Gasteiger partial charge on any atom is -0.491 e. The van der Waals surface area contributed by atoms with E-state index in [1.807, 2.05) is 27.7 Å². The molecule has 0 amide bonds. The number of carbonyl (C=O) groups excluding carboxylic acids is 1. The summed E-state index contributed by atoms with van der Waals surface area (Å²) in [7, 11) is 0. The van der Waals surface area contributed by atoms with Crippen LogP contribution in [0.3, 0.4) is 0 Å². The van der Waals surface area contributed by atoms with Crippen molar-refractivity contribution in [2.45, 2.75) is 59.2 Å². The average Bonchev–Trinajstić information content (AvgIpc) is 2.99. The standard InChI is InChI=1S/C16H24O3/c1-5-12-10-7-9-8-11(10)14(18-12)13(9)19-15(17)16(3,4)6-2/h5,9-11,13-14H,6-8H2,1-4H3. The molecule has 0 aromatic rings. The molecule has 2 saturated carbocycles. The molecular weight excluding hydrogens is 240 g/mol. The second kappa shape index (κ2) is 4.26. The number of hydrogen-bond acceptors (Lipinski definition) is 3. The van der Waals surface area contributed by atoms with Crippen molar-refractivity contribution in [1.82, 2.24) is 0 Å². The van der Waals surface area contributed by atoms with E-state index in [-0.39, 0.29) is 23.6 Å². The van der Waals surface area contributed by atoms with Gasteiger partial charge in [0, 0.05) is 17.8 Å². The first-order chi connectivity index (χ1) is 8.97. The Hall–Kier alpha value is -0.990. The van der Waals surface area contributed by atoms with E-state index in [9.17, 15) is 4.79 Å². The molecule has 3 rings (SSSR count). The quantitative estimate of drug-likeness (QED) is 0.734. The van der Waals surface area contributed by atoms with Gasteiger partial charge in [0.1, 0.15) is 12.2 Å². The molecule has 0 radical (unpaired) electrons. The lowest BCUT2D eigenvalue weighted by molar-refractivity contribution is -0.167. The number of rotatable bonds is 3. The van der Waals surface area contributed by atoms with Gasteiger partial charge in [-0.15, -0.1) is 0 Å². The van der Waals surface area contributed by atoms with Gasteiger partial charge in [-0.3, -0.25) is 4.79 Å². The Morgan fingerprint density at radius 3 is 2.84 bits per heavy atom. The SMILES string of the molecule is CC=C1OC2C3CC(CC13)C2OC(=O)C(C)(C)CC. The van der Waals surface area contributed by atoms with Gasteiger partial charge in [-0.2, -0.15) is 0 Å². The summed E-state index contributed by atoms with van der Waals surface area (Å²) in [5.41, 5.74) is -0.386. The molecule has 1 saturated heterocycles. The summed E-state index contributed by atoms with van der Waals surface area (Å²) in [6.45, 7) is 7.98. The number of ether oxygens (including phenoxy) is 2. The number of carbonyl (C=O) groups is 1. The molecule has 106 valence electrons. The summed E-state index contributed by atoms with van der Waals surface area (Å²) in [5, 5.41) is 0. The van der Waals surface area contributed by atoms with Crippen LogP contribution in [0.25, 0.3) is 0 Å². The molecule has 3 aliphatic rings. The Balaban J connectivity index is 1.74. The summed E-state index contributed by atoms with van der Waals surface area (Å²) in [6.07, 6.45) is 5.28. The van der Waals surface area contributed by atoms with Crippen molar-refractivity contribution in [2.75, 3.05) is 0 Å². The summed E-state index contributed by atoms with van der Waals surface area (Å²) < 4.78 is 11.9. The lowest BCUT2D eigenvalue weighted by atomic mass is 9.86. The lowest BCUT2D eigenvalue weighted by Gasteiger charge is -2.29. The first-order valence-electron chi connectivity index (χ1n) is 7.52. The van der Waals surface area contributed by atoms with E-state index >= 15 is 0 Å². The molecule has 3 nitrogen and oxygen atoms in total. The Bertz CT molecular complexity index is 424. The third-order valence-electron chi connectivity index (χ3n) is 5.46. The van der Waals surface area contributed by atoms with Crippen LogP contribution in [0.2, 0.25) is 0 Å². The van der Waals surface area contributed by atoms with Gasteiger partial charge >= 0.3 is 5.97 Å². The van der Waals surface area contributed by atoms with E-state index in [0.717, 1.165) is 25.0 Å². The highest BCUT2D eigenvalue weighted by Gasteiger charge is 2.61. The molecule has 0 N–H and O–H groups in total. The Kier molecular flexibility index (Phi) is 2.91. The summed E-state index contributed by atoms with van der Waals surface area (Å²) >= 11 is 0. The predicted octanol–water partition coefficient (Wildman–Crippen LogP) is 3.29. The number of fused-ring (bicyclic) bond motifs is 1. The molecule has 0 spiro atoms. The Morgan fingerprint density at radius 1 is 1.47 bits per heavy atom. The zero-order chi connectivity index (χ0) is 13.8. The normalized spacial score (nSPS) is 41.7. The van der Waals surface area contributed by atoms with Crippen molar-refractivity contribution in [3.05, 3.63) is 11.8 Å². The van der Waals surface area contributed by atoms with Crippen LogP contribution in [0.15, 0.2) is 11.8 Å². The molecule has 2 aliphatic carbocycles. The van der Waals surface area contributed by atoms with E-state index in [0.29, 0.717) is 17.8 Å². The molecule has 0 aromatic carbocycles. The smallest absolute Gasteiger partial charge is 0.311 e. The minimum atomic E-state index is -0.386. The molecule has 19 heavy (non-hydrogen) atoms. The summed E-state index contributed by atoms with van der Waals surface area (Å²) in [6, 6.07) is 0. The van der Waals surface area contributed by atoms with Gasteiger partial charge < -0.3 is 9.47 Å². The maximum absolute atomic E-state index is 12.3. The predicted molar refractivity (Wildman–Crippen MR) is 72.3 cm³/mol. The third-order valence-corrected chi connectivity index (χ3v) is 5.46. The zero-order valence-electron chi connectivity index (χ0n) is 12.3. The average molecular weight is 264 g/mol.